The Morgan fingerprint density at radius 1 is 1.30 bits per heavy atom. The number of nitrogens with one attached hydrogen (secondary N) is 1. The lowest BCUT2D eigenvalue weighted by atomic mass is 9.93. The minimum atomic E-state index is -1.12. The van der Waals surface area contributed by atoms with Gasteiger partial charge in [0.1, 0.15) is 17.4 Å². The van der Waals surface area contributed by atoms with E-state index in [2.05, 4.69) is 5.32 Å². The van der Waals surface area contributed by atoms with Crippen LogP contribution >= 0.6 is 0 Å². The number of ether oxygens (including phenoxy) is 2. The van der Waals surface area contributed by atoms with Crippen LogP contribution < -0.4 is 10.1 Å². The number of hydrogen-bond donors (Lipinski definition) is 2. The van der Waals surface area contributed by atoms with Crippen LogP contribution in [0, 0.1) is 0 Å². The predicted molar refractivity (Wildman–Crippen MR) is 103 cm³/mol. The van der Waals surface area contributed by atoms with E-state index in [0.29, 0.717) is 5.75 Å². The summed E-state index contributed by atoms with van der Waals surface area (Å²) < 4.78 is 12.6. The fourth-order valence-corrected chi connectivity index (χ4v) is 3.07. The third-order valence-corrected chi connectivity index (χ3v) is 4.39. The van der Waals surface area contributed by atoms with Gasteiger partial charge in [-0.3, -0.25) is 0 Å². The molecular formula is C20H28N2O5. The zero-order valence-corrected chi connectivity index (χ0v) is 16.7. The Labute approximate surface area is 159 Å². The first kappa shape index (κ1) is 20.6. The molecule has 2 atom stereocenters. The molecule has 1 aromatic carbocycles. The second kappa shape index (κ2) is 7.90. The van der Waals surface area contributed by atoms with Gasteiger partial charge in [0.05, 0.1) is 7.11 Å². The molecule has 0 unspecified atom stereocenters. The number of carboxylic acid groups (broad SMARTS) is 1. The Hall–Kier alpha value is -2.70. The van der Waals surface area contributed by atoms with E-state index in [0.717, 1.165) is 23.0 Å². The first-order valence-corrected chi connectivity index (χ1v) is 8.96. The van der Waals surface area contributed by atoms with Crippen molar-refractivity contribution in [1.29, 1.82) is 0 Å². The van der Waals surface area contributed by atoms with Gasteiger partial charge in [-0.15, -0.1) is 0 Å². The van der Waals surface area contributed by atoms with E-state index in [1.54, 1.807) is 34.8 Å². The summed E-state index contributed by atoms with van der Waals surface area (Å²) in [5.41, 5.74) is 1.11. The SMILES string of the molecule is CCn1cc([C@@H](C)[C@@H](NC(=O)OC(C)(C)C)C(=O)O)c2cc(OC)ccc21. The molecule has 1 amide bonds. The summed E-state index contributed by atoms with van der Waals surface area (Å²) in [7, 11) is 1.59. The number of fused-ring (bicyclic) bond motifs is 1. The standard InChI is InChI=1S/C20H28N2O5/c1-7-22-11-15(14-10-13(26-6)8-9-16(14)22)12(2)17(18(23)24)21-19(25)27-20(3,4)5/h8-12,17H,7H2,1-6H3,(H,21,25)(H,23,24)/t12-,17-/m1/s1. The zero-order valence-electron chi connectivity index (χ0n) is 16.7. The Balaban J connectivity index is 2.41. The molecule has 2 N–H and O–H groups in total. The van der Waals surface area contributed by atoms with Crippen molar-refractivity contribution >= 4 is 23.0 Å². The van der Waals surface area contributed by atoms with E-state index in [4.69, 9.17) is 9.47 Å². The smallest absolute Gasteiger partial charge is 0.408 e. The van der Waals surface area contributed by atoms with Crippen molar-refractivity contribution in [1.82, 2.24) is 9.88 Å². The van der Waals surface area contributed by atoms with Crippen LogP contribution in [0.15, 0.2) is 24.4 Å². The van der Waals surface area contributed by atoms with Crippen LogP contribution in [-0.4, -0.2) is 40.5 Å². The summed E-state index contributed by atoms with van der Waals surface area (Å²) >= 11 is 0. The Morgan fingerprint density at radius 2 is 1.96 bits per heavy atom. The molecule has 0 aliphatic carbocycles. The Bertz CT molecular complexity index is 835. The fraction of sp³-hybridized carbons (Fsp3) is 0.500. The average Bonchev–Trinajstić information content (AvgIpc) is 2.95. The normalized spacial score (nSPS) is 13.9. The molecule has 7 heteroatoms. The van der Waals surface area contributed by atoms with Gasteiger partial charge in [0.15, 0.2) is 0 Å². The molecule has 2 rings (SSSR count). The van der Waals surface area contributed by atoms with Gasteiger partial charge in [-0.25, -0.2) is 9.59 Å². The van der Waals surface area contributed by atoms with E-state index in [9.17, 15) is 14.7 Å². The minimum absolute atomic E-state index is 0.475. The highest BCUT2D eigenvalue weighted by atomic mass is 16.6. The van der Waals surface area contributed by atoms with Crippen LogP contribution in [0.3, 0.4) is 0 Å². The molecule has 0 bridgehead atoms. The number of hydrogen-bond acceptors (Lipinski definition) is 4. The molecule has 0 spiro atoms. The van der Waals surface area contributed by atoms with Crippen molar-refractivity contribution in [2.45, 2.75) is 58.7 Å². The topological polar surface area (TPSA) is 89.8 Å². The molecule has 7 nitrogen and oxygen atoms in total. The van der Waals surface area contributed by atoms with Gasteiger partial charge < -0.3 is 24.5 Å². The quantitative estimate of drug-likeness (QED) is 0.801. The minimum Gasteiger partial charge on any atom is -0.497 e. The molecule has 0 aliphatic rings. The van der Waals surface area contributed by atoms with Gasteiger partial charge >= 0.3 is 12.1 Å². The summed E-state index contributed by atoms with van der Waals surface area (Å²) in [6.07, 6.45) is 1.18. The first-order chi connectivity index (χ1) is 12.6. The fourth-order valence-electron chi connectivity index (χ4n) is 3.07. The summed E-state index contributed by atoms with van der Waals surface area (Å²) in [6.45, 7) is 9.73. The van der Waals surface area contributed by atoms with Gasteiger partial charge in [0.25, 0.3) is 0 Å². The Morgan fingerprint density at radius 3 is 2.48 bits per heavy atom. The molecule has 27 heavy (non-hydrogen) atoms. The number of carbonyl (C=O) groups excluding carboxylic acids is 1. The lowest BCUT2D eigenvalue weighted by Gasteiger charge is -2.25. The summed E-state index contributed by atoms with van der Waals surface area (Å²) in [6, 6.07) is 4.59. The maximum absolute atomic E-state index is 12.1. The molecule has 0 saturated heterocycles. The number of nitrogens with zero attached hydrogens (tertiary/aromatic N) is 1. The third-order valence-electron chi connectivity index (χ3n) is 4.39. The molecule has 2 aromatic rings. The highest BCUT2D eigenvalue weighted by Gasteiger charge is 2.31. The number of methoxy groups -OCH3 is 1. The molecule has 0 fully saturated rings. The highest BCUT2D eigenvalue weighted by molar-refractivity contribution is 5.88. The summed E-state index contributed by atoms with van der Waals surface area (Å²) in [4.78, 5) is 24.0. The number of carboxylic acids is 1. The molecule has 1 heterocycles. The number of aromatic nitrogens is 1. The molecule has 1 aromatic heterocycles. The van der Waals surface area contributed by atoms with E-state index < -0.39 is 29.6 Å². The van der Waals surface area contributed by atoms with Crippen LogP contribution in [0.25, 0.3) is 10.9 Å². The molecule has 148 valence electrons. The van der Waals surface area contributed by atoms with E-state index in [-0.39, 0.29) is 0 Å². The maximum Gasteiger partial charge on any atom is 0.408 e. The molecular weight excluding hydrogens is 348 g/mol. The van der Waals surface area contributed by atoms with Crippen LogP contribution in [0.2, 0.25) is 0 Å². The van der Waals surface area contributed by atoms with Gasteiger partial charge in [-0.1, -0.05) is 6.92 Å². The highest BCUT2D eigenvalue weighted by Crippen LogP contribution is 2.32. The number of aliphatic carboxylic acids is 1. The average molecular weight is 376 g/mol. The second-order valence-corrected chi connectivity index (χ2v) is 7.50. The van der Waals surface area contributed by atoms with Crippen molar-refractivity contribution in [2.75, 3.05) is 7.11 Å². The largest absolute Gasteiger partial charge is 0.497 e. The summed E-state index contributed by atoms with van der Waals surface area (Å²) in [5.74, 6) is -0.900. The zero-order chi connectivity index (χ0) is 20.4. The number of carbonyl (C=O) groups is 2. The van der Waals surface area contributed by atoms with Crippen molar-refractivity contribution in [3.63, 3.8) is 0 Å². The monoisotopic (exact) mass is 376 g/mol. The Kier molecular flexibility index (Phi) is 6.03. The number of aryl methyl sites for hydroxylation is 1. The van der Waals surface area contributed by atoms with Gasteiger partial charge in [0.2, 0.25) is 0 Å². The van der Waals surface area contributed by atoms with Crippen molar-refractivity contribution in [2.24, 2.45) is 0 Å². The van der Waals surface area contributed by atoms with Crippen LogP contribution in [0.5, 0.6) is 5.75 Å². The first-order valence-electron chi connectivity index (χ1n) is 8.96. The lowest BCUT2D eigenvalue weighted by Crippen LogP contribution is -2.46. The lowest BCUT2D eigenvalue weighted by molar-refractivity contribution is -0.140. The maximum atomic E-state index is 12.1. The van der Waals surface area contributed by atoms with Gasteiger partial charge in [-0.2, -0.15) is 0 Å². The van der Waals surface area contributed by atoms with Crippen molar-refractivity contribution in [3.05, 3.63) is 30.0 Å². The van der Waals surface area contributed by atoms with Gasteiger partial charge in [0, 0.05) is 29.6 Å². The summed E-state index contributed by atoms with van der Waals surface area (Å²) in [5, 5.41) is 13.1. The third kappa shape index (κ3) is 4.72. The predicted octanol–water partition coefficient (Wildman–Crippen LogP) is 3.75. The molecule has 0 radical (unpaired) electrons. The van der Waals surface area contributed by atoms with Crippen LogP contribution in [0.1, 0.15) is 46.1 Å². The number of rotatable bonds is 6. The van der Waals surface area contributed by atoms with Crippen molar-refractivity contribution in [3.8, 4) is 5.75 Å². The van der Waals surface area contributed by atoms with E-state index in [1.165, 1.54) is 0 Å². The number of amides is 1. The molecule has 0 aliphatic heterocycles. The van der Waals surface area contributed by atoms with Crippen LogP contribution in [-0.2, 0) is 16.1 Å². The number of benzene rings is 1. The molecule has 0 saturated carbocycles. The number of alkyl carbamates (subject to hydrolysis) is 1. The van der Waals surface area contributed by atoms with E-state index >= 15 is 0 Å². The van der Waals surface area contributed by atoms with E-state index in [1.807, 2.05) is 35.9 Å². The second-order valence-electron chi connectivity index (χ2n) is 7.50. The van der Waals surface area contributed by atoms with Gasteiger partial charge in [-0.05, 0) is 51.5 Å². The van der Waals surface area contributed by atoms with Crippen molar-refractivity contribution < 1.29 is 24.2 Å². The van der Waals surface area contributed by atoms with Crippen LogP contribution in [0.4, 0.5) is 4.79 Å².